The molecule has 1 aromatic heterocycles. The van der Waals surface area contributed by atoms with Gasteiger partial charge in [-0.15, -0.1) is 24.0 Å². The molecule has 0 unspecified atom stereocenters. The van der Waals surface area contributed by atoms with Gasteiger partial charge in [0.15, 0.2) is 0 Å². The zero-order valence-electron chi connectivity index (χ0n) is 25.9. The molecule has 0 saturated carbocycles. The summed E-state index contributed by atoms with van der Waals surface area (Å²) < 4.78 is 13.6. The summed E-state index contributed by atoms with van der Waals surface area (Å²) in [5.74, 6) is 1.72. The zero-order valence-corrected chi connectivity index (χ0v) is 29.3. The van der Waals surface area contributed by atoms with Gasteiger partial charge in [0.1, 0.15) is 0 Å². The molecule has 0 atom stereocenters. The Bertz CT molecular complexity index is 1760. The van der Waals surface area contributed by atoms with Crippen molar-refractivity contribution in [3.63, 3.8) is 0 Å². The van der Waals surface area contributed by atoms with Gasteiger partial charge >= 0.3 is 11.9 Å². The smallest absolute Gasteiger partial charge is 0.338 e. The van der Waals surface area contributed by atoms with Crippen molar-refractivity contribution < 1.29 is 19.1 Å². The summed E-state index contributed by atoms with van der Waals surface area (Å²) in [6.07, 6.45) is 11.5. The van der Waals surface area contributed by atoms with E-state index >= 15 is 0 Å². The third-order valence-corrected chi connectivity index (χ3v) is 15.5. The first-order valence-corrected chi connectivity index (χ1v) is 20.8. The molecule has 0 aliphatic carbocycles. The van der Waals surface area contributed by atoms with Crippen molar-refractivity contribution in [2.75, 3.05) is 49.7 Å². The number of thiol groups is 1. The van der Waals surface area contributed by atoms with E-state index in [4.69, 9.17) is 22.1 Å². The lowest BCUT2D eigenvalue weighted by atomic mass is 9.90. The number of fused-ring (bicyclic) bond motifs is 1. The highest BCUT2D eigenvalue weighted by molar-refractivity contribution is 8.41. The van der Waals surface area contributed by atoms with Crippen LogP contribution in [0.15, 0.2) is 68.6 Å². The average molecular weight is 653 g/mol. The minimum atomic E-state index is -0.875. The summed E-state index contributed by atoms with van der Waals surface area (Å²) in [5, 5.41) is 1.18. The molecule has 0 spiro atoms. The molecule has 2 heterocycles. The molecule has 5 rings (SSSR count). The number of esters is 2. The minimum absolute atomic E-state index is 0.244. The van der Waals surface area contributed by atoms with E-state index < -0.39 is 32.0 Å². The molecule has 0 bridgehead atoms. The lowest BCUT2D eigenvalue weighted by molar-refractivity contribution is 0.0513. The van der Waals surface area contributed by atoms with Gasteiger partial charge in [-0.05, 0) is 132 Å². The quantitative estimate of drug-likeness (QED) is 0.111. The van der Waals surface area contributed by atoms with Gasteiger partial charge < -0.3 is 9.47 Å². The van der Waals surface area contributed by atoms with Crippen LogP contribution >= 0.6 is 44.0 Å². The van der Waals surface area contributed by atoms with Crippen LogP contribution < -0.4 is 0 Å². The Kier molecular flexibility index (Phi) is 9.15. The molecule has 8 heteroatoms. The van der Waals surface area contributed by atoms with E-state index in [1.54, 1.807) is 37.3 Å². The molecular weight excluding hydrogens is 613 g/mol. The number of rotatable bonds is 9. The zero-order chi connectivity index (χ0) is 31.1. The Balaban J connectivity index is 1.68. The predicted molar refractivity (Wildman–Crippen MR) is 192 cm³/mol. The second-order valence-electron chi connectivity index (χ2n) is 11.8. The van der Waals surface area contributed by atoms with Crippen molar-refractivity contribution in [2.45, 2.75) is 29.9 Å². The molecule has 1 aliphatic rings. The third-order valence-electron chi connectivity index (χ3n) is 7.85. The van der Waals surface area contributed by atoms with E-state index in [0.717, 1.165) is 26.3 Å². The Morgan fingerprint density at radius 1 is 0.884 bits per heavy atom. The summed E-state index contributed by atoms with van der Waals surface area (Å²) in [6.45, 7) is 6.30. The lowest BCUT2D eigenvalue weighted by Crippen LogP contribution is -2.12. The van der Waals surface area contributed by atoms with E-state index in [9.17, 15) is 9.59 Å². The molecule has 0 amide bonds. The topological polar surface area (TPSA) is 52.6 Å². The van der Waals surface area contributed by atoms with Crippen molar-refractivity contribution in [3.05, 3.63) is 76.2 Å². The molecule has 43 heavy (non-hydrogen) atoms. The molecule has 1 saturated heterocycles. The summed E-state index contributed by atoms with van der Waals surface area (Å²) in [6, 6.07) is 18.0. The fraction of sp³-hybridized carbons (Fsp3) is 0.314. The van der Waals surface area contributed by atoms with Crippen LogP contribution in [0.25, 0.3) is 38.4 Å². The molecule has 1 fully saturated rings. The standard InChI is InChI=1S/C35H40O4S4/c1-8-38-34(36)29-21-28(24-11-13-26-19-33(42(4,5)6)41-32(26)18-24)30(35(37)39-9-2)20-27(29)23-10-12-25(31(40)17-23)16-22(3)43(7)14-15-43/h10-13,16-21,40H,8-9,14-15H2,1-7H3/b22-16+. The van der Waals surface area contributed by atoms with Gasteiger partial charge in [-0.2, -0.15) is 0 Å². The molecule has 4 nitrogen and oxygen atoms in total. The Labute approximate surface area is 267 Å². The number of ether oxygens (including phenoxy) is 2. The Morgan fingerprint density at radius 2 is 1.44 bits per heavy atom. The first-order valence-electron chi connectivity index (χ1n) is 14.3. The molecule has 0 radical (unpaired) electrons. The van der Waals surface area contributed by atoms with Gasteiger partial charge in [0.05, 0.1) is 24.3 Å². The third kappa shape index (κ3) is 6.72. The molecule has 4 aromatic rings. The highest BCUT2D eigenvalue weighted by Crippen LogP contribution is 2.64. The molecule has 3 aromatic carbocycles. The SMILES string of the molecule is CCOC(=O)c1cc(-c2ccc3cc(S(C)(C)C)sc3c2)c(C(=O)OCC)cc1-c1ccc(/C=C(\C)S2(C)CC2)c(S)c1. The predicted octanol–water partition coefficient (Wildman–Crippen LogP) is 9.74. The fourth-order valence-corrected chi connectivity index (χ4v) is 9.87. The van der Waals surface area contributed by atoms with Gasteiger partial charge in [-0.3, -0.25) is 0 Å². The number of carbonyl (C=O) groups excluding carboxylic acids is 2. The summed E-state index contributed by atoms with van der Waals surface area (Å²) in [5.41, 5.74) is 4.76. The van der Waals surface area contributed by atoms with Crippen LogP contribution in [-0.2, 0) is 9.47 Å². The molecule has 228 valence electrons. The van der Waals surface area contributed by atoms with E-state index in [2.05, 4.69) is 56.2 Å². The maximum atomic E-state index is 13.4. The van der Waals surface area contributed by atoms with Crippen molar-refractivity contribution in [1.29, 1.82) is 0 Å². The van der Waals surface area contributed by atoms with Crippen molar-refractivity contribution in [2.24, 2.45) is 0 Å². The number of benzene rings is 3. The van der Waals surface area contributed by atoms with Crippen LogP contribution in [0.5, 0.6) is 0 Å². The second-order valence-corrected chi connectivity index (χ2v) is 21.7. The largest absolute Gasteiger partial charge is 0.462 e. The van der Waals surface area contributed by atoms with E-state index in [0.29, 0.717) is 22.3 Å². The maximum Gasteiger partial charge on any atom is 0.338 e. The summed E-state index contributed by atoms with van der Waals surface area (Å²) in [7, 11) is -1.48. The number of allylic oxidation sites excluding steroid dienone is 1. The monoisotopic (exact) mass is 652 g/mol. The Hall–Kier alpha value is -2.65. The number of carbonyl (C=O) groups is 2. The van der Waals surface area contributed by atoms with E-state index in [-0.39, 0.29) is 13.2 Å². The maximum absolute atomic E-state index is 13.4. The normalized spacial score (nSPS) is 15.7. The highest BCUT2D eigenvalue weighted by atomic mass is 32.3. The van der Waals surface area contributed by atoms with Gasteiger partial charge in [0, 0.05) is 13.8 Å². The van der Waals surface area contributed by atoms with Crippen molar-refractivity contribution >= 4 is 72.1 Å². The average Bonchev–Trinajstić information content (AvgIpc) is 3.56. The van der Waals surface area contributed by atoms with E-state index in [1.807, 2.05) is 24.3 Å². The van der Waals surface area contributed by atoms with Gasteiger partial charge in [0.2, 0.25) is 0 Å². The van der Waals surface area contributed by atoms with Crippen LogP contribution in [-0.4, -0.2) is 61.7 Å². The lowest BCUT2D eigenvalue weighted by Gasteiger charge is -2.22. The fourth-order valence-electron chi connectivity index (χ4n) is 4.95. The van der Waals surface area contributed by atoms with E-state index in [1.165, 1.54) is 26.0 Å². The van der Waals surface area contributed by atoms with Gasteiger partial charge in [0.25, 0.3) is 0 Å². The van der Waals surface area contributed by atoms with Crippen LogP contribution in [0.4, 0.5) is 0 Å². The second kappa shape index (κ2) is 12.4. The minimum Gasteiger partial charge on any atom is -0.462 e. The first-order chi connectivity index (χ1) is 20.3. The van der Waals surface area contributed by atoms with Crippen LogP contribution in [0.1, 0.15) is 47.1 Å². The molecule has 1 aliphatic heterocycles. The van der Waals surface area contributed by atoms with Gasteiger partial charge in [-0.25, -0.2) is 29.6 Å². The number of hydrogen-bond acceptors (Lipinski definition) is 6. The molecular formula is C35H40O4S4. The van der Waals surface area contributed by atoms with Gasteiger partial charge in [-0.1, -0.05) is 24.3 Å². The van der Waals surface area contributed by atoms with Crippen LogP contribution in [0, 0.1) is 0 Å². The highest BCUT2D eigenvalue weighted by Gasteiger charge is 2.33. The number of thiophene rings is 1. The summed E-state index contributed by atoms with van der Waals surface area (Å²) >= 11 is 6.62. The van der Waals surface area contributed by atoms with Crippen LogP contribution in [0.3, 0.4) is 0 Å². The first kappa shape index (κ1) is 31.8. The number of hydrogen-bond donors (Lipinski definition) is 1. The molecule has 0 N–H and O–H groups in total. The van der Waals surface area contributed by atoms with Crippen molar-refractivity contribution in [3.8, 4) is 22.3 Å². The summed E-state index contributed by atoms with van der Waals surface area (Å²) in [4.78, 5) is 29.1. The van der Waals surface area contributed by atoms with Crippen molar-refractivity contribution in [1.82, 2.24) is 0 Å². The van der Waals surface area contributed by atoms with Crippen LogP contribution in [0.2, 0.25) is 0 Å². The Morgan fingerprint density at radius 3 is 1.95 bits per heavy atom.